The van der Waals surface area contributed by atoms with Gasteiger partial charge >= 0.3 is 0 Å². The molecule has 3 fully saturated rings. The van der Waals surface area contributed by atoms with E-state index in [1.165, 1.54) is 0 Å². The van der Waals surface area contributed by atoms with Crippen LogP contribution in [0.5, 0.6) is 0 Å². The zero-order valence-electron chi connectivity index (χ0n) is 23.9. The van der Waals surface area contributed by atoms with Crippen molar-refractivity contribution >= 4 is 45.9 Å². The number of carbonyl (C=O) groups is 3. The van der Waals surface area contributed by atoms with Gasteiger partial charge in [-0.15, -0.1) is 24.9 Å². The van der Waals surface area contributed by atoms with E-state index >= 15 is 0 Å². The fourth-order valence-corrected chi connectivity index (χ4v) is 9.39. The molecular formula is C33H41N3O4S. The Morgan fingerprint density at radius 1 is 1.05 bits per heavy atom. The maximum absolute atomic E-state index is 14.7. The van der Waals surface area contributed by atoms with Gasteiger partial charge in [-0.3, -0.25) is 14.4 Å². The van der Waals surface area contributed by atoms with E-state index in [9.17, 15) is 19.5 Å². The standard InChI is InChI=1S/C33H41N3O4S/c1-4-18-34(3)30(38)27-26-16-17-33(41-26)28(27)31(39)36(20-10-6-7-11-21-37)29(33)32(40)35(19-5-2)25-15-14-23-12-8-9-13-24(23)22-25/h4-5,8-9,12-15,22,26-29,37H,1-2,6-7,10-11,16-21H2,3H3/t26-,27+,28-,29?,33?/m0/s1. The number of likely N-dealkylation sites (N-methyl/N-ethyl adjacent to an activating group) is 1. The smallest absolute Gasteiger partial charge is 0.251 e. The molecule has 3 heterocycles. The van der Waals surface area contributed by atoms with Gasteiger partial charge in [0.25, 0.3) is 5.91 Å². The topological polar surface area (TPSA) is 81.2 Å². The molecule has 0 saturated carbocycles. The fraction of sp³-hybridized carbons (Fsp3) is 0.485. The number of amides is 3. The molecule has 2 aromatic carbocycles. The number of fused-ring (bicyclic) bond motifs is 2. The Labute approximate surface area is 247 Å². The maximum Gasteiger partial charge on any atom is 0.251 e. The number of thioether (sulfide) groups is 1. The number of benzene rings is 2. The molecule has 3 amide bonds. The fourth-order valence-electron chi connectivity index (χ4n) is 7.18. The predicted octanol–water partition coefficient (Wildman–Crippen LogP) is 4.65. The van der Waals surface area contributed by atoms with Gasteiger partial charge in [0.05, 0.1) is 16.6 Å². The van der Waals surface area contributed by atoms with Gasteiger partial charge in [0, 0.05) is 44.2 Å². The Morgan fingerprint density at radius 3 is 2.51 bits per heavy atom. The van der Waals surface area contributed by atoms with Crippen LogP contribution in [-0.2, 0) is 14.4 Å². The number of unbranched alkanes of at least 4 members (excludes halogenated alkanes) is 3. The Kier molecular flexibility index (Phi) is 8.90. The lowest BCUT2D eigenvalue weighted by Crippen LogP contribution is -2.55. The van der Waals surface area contributed by atoms with E-state index in [2.05, 4.69) is 13.2 Å². The van der Waals surface area contributed by atoms with Gasteiger partial charge < -0.3 is 19.8 Å². The second-order valence-electron chi connectivity index (χ2n) is 11.5. The van der Waals surface area contributed by atoms with Crippen LogP contribution >= 0.6 is 11.8 Å². The number of hydrogen-bond donors (Lipinski definition) is 1. The molecule has 0 aliphatic carbocycles. The van der Waals surface area contributed by atoms with Crippen molar-refractivity contribution in [1.82, 2.24) is 9.80 Å². The zero-order valence-corrected chi connectivity index (χ0v) is 24.7. The van der Waals surface area contributed by atoms with E-state index in [0.29, 0.717) is 19.6 Å². The Hall–Kier alpha value is -3.10. The van der Waals surface area contributed by atoms with E-state index in [1.807, 2.05) is 42.5 Å². The van der Waals surface area contributed by atoms with Crippen molar-refractivity contribution in [3.05, 3.63) is 67.8 Å². The molecule has 41 heavy (non-hydrogen) atoms. The lowest BCUT2D eigenvalue weighted by molar-refractivity contribution is -0.143. The Balaban J connectivity index is 1.52. The van der Waals surface area contributed by atoms with Crippen molar-refractivity contribution in [2.75, 3.05) is 38.2 Å². The predicted molar refractivity (Wildman–Crippen MR) is 166 cm³/mol. The molecule has 3 saturated heterocycles. The van der Waals surface area contributed by atoms with Crippen LogP contribution < -0.4 is 4.90 Å². The van der Waals surface area contributed by atoms with Crippen molar-refractivity contribution in [3.8, 4) is 0 Å². The summed E-state index contributed by atoms with van der Waals surface area (Å²) in [6.07, 6.45) is 8.20. The zero-order chi connectivity index (χ0) is 29.1. The summed E-state index contributed by atoms with van der Waals surface area (Å²) in [7, 11) is 1.76. The van der Waals surface area contributed by atoms with Gasteiger partial charge in [-0.2, -0.15) is 0 Å². The van der Waals surface area contributed by atoms with Crippen molar-refractivity contribution in [2.45, 2.75) is 54.6 Å². The number of likely N-dealkylation sites (tertiary alicyclic amines) is 1. The van der Waals surface area contributed by atoms with Crippen LogP contribution in [0.2, 0.25) is 0 Å². The molecule has 218 valence electrons. The summed E-state index contributed by atoms with van der Waals surface area (Å²) in [5.74, 6) is -1.15. The number of nitrogens with zero attached hydrogens (tertiary/aromatic N) is 3. The number of anilines is 1. The second-order valence-corrected chi connectivity index (χ2v) is 13.1. The third kappa shape index (κ3) is 5.21. The Morgan fingerprint density at radius 2 is 1.78 bits per heavy atom. The Bertz CT molecular complexity index is 1330. The molecule has 5 atom stereocenters. The van der Waals surface area contributed by atoms with Gasteiger partial charge in [-0.05, 0) is 48.6 Å². The normalized spacial score (nSPS) is 26.3. The molecule has 2 unspecified atom stereocenters. The molecule has 1 N–H and O–H groups in total. The lowest BCUT2D eigenvalue weighted by atomic mass is 9.70. The summed E-state index contributed by atoms with van der Waals surface area (Å²) in [6.45, 7) is 9.08. The molecule has 8 heteroatoms. The molecule has 3 aliphatic heterocycles. The first kappa shape index (κ1) is 29.4. The van der Waals surface area contributed by atoms with E-state index < -0.39 is 22.6 Å². The largest absolute Gasteiger partial charge is 0.396 e. The monoisotopic (exact) mass is 575 g/mol. The third-order valence-electron chi connectivity index (χ3n) is 9.03. The van der Waals surface area contributed by atoms with Crippen LogP contribution in [0.4, 0.5) is 5.69 Å². The van der Waals surface area contributed by atoms with E-state index in [0.717, 1.165) is 55.0 Å². The molecule has 0 radical (unpaired) electrons. The molecule has 7 nitrogen and oxygen atoms in total. The molecule has 3 aliphatic rings. The minimum Gasteiger partial charge on any atom is -0.396 e. The van der Waals surface area contributed by atoms with Crippen LogP contribution in [0.3, 0.4) is 0 Å². The van der Waals surface area contributed by atoms with Crippen molar-refractivity contribution in [1.29, 1.82) is 0 Å². The summed E-state index contributed by atoms with van der Waals surface area (Å²) in [5.41, 5.74) is 0.777. The van der Waals surface area contributed by atoms with Crippen LogP contribution in [0, 0.1) is 11.8 Å². The van der Waals surface area contributed by atoms with Crippen LogP contribution in [-0.4, -0.2) is 82.0 Å². The molecule has 1 spiro atoms. The molecule has 2 bridgehead atoms. The summed E-state index contributed by atoms with van der Waals surface area (Å²) in [5, 5.41) is 11.4. The number of aliphatic hydroxyl groups excluding tert-OH is 1. The highest BCUT2D eigenvalue weighted by Gasteiger charge is 2.73. The van der Waals surface area contributed by atoms with Gasteiger partial charge in [-0.1, -0.05) is 55.3 Å². The number of aliphatic hydroxyl groups is 1. The van der Waals surface area contributed by atoms with Gasteiger partial charge in [-0.25, -0.2) is 0 Å². The second kappa shape index (κ2) is 12.4. The average molecular weight is 576 g/mol. The molecule has 2 aromatic rings. The first-order chi connectivity index (χ1) is 19.9. The van der Waals surface area contributed by atoms with Gasteiger partial charge in [0.1, 0.15) is 6.04 Å². The summed E-state index contributed by atoms with van der Waals surface area (Å²) in [6, 6.07) is 13.4. The van der Waals surface area contributed by atoms with Gasteiger partial charge in [0.15, 0.2) is 0 Å². The van der Waals surface area contributed by atoms with Gasteiger partial charge in [0.2, 0.25) is 11.8 Å². The van der Waals surface area contributed by atoms with Crippen LogP contribution in [0.15, 0.2) is 67.8 Å². The number of rotatable bonds is 13. The lowest BCUT2D eigenvalue weighted by Gasteiger charge is -2.37. The quantitative estimate of drug-likeness (QED) is 0.278. The van der Waals surface area contributed by atoms with E-state index in [1.54, 1.807) is 45.7 Å². The number of hydrogen-bond acceptors (Lipinski definition) is 5. The minimum absolute atomic E-state index is 0.0271. The number of carbonyl (C=O) groups excluding carboxylic acids is 3. The summed E-state index contributed by atoms with van der Waals surface area (Å²) < 4.78 is -0.629. The first-order valence-corrected chi connectivity index (χ1v) is 15.6. The highest BCUT2D eigenvalue weighted by molar-refractivity contribution is 8.02. The highest BCUT2D eigenvalue weighted by atomic mass is 32.2. The van der Waals surface area contributed by atoms with Crippen LogP contribution in [0.1, 0.15) is 38.5 Å². The SMILES string of the molecule is C=CCN(C)C(=O)[C@@H]1[C@@H]2CCC3(S2)C(C(=O)N(CC=C)c2ccc4ccccc4c2)N(CCCCCCO)C(=O)[C@H]13. The van der Waals surface area contributed by atoms with Crippen molar-refractivity contribution in [2.24, 2.45) is 11.8 Å². The summed E-state index contributed by atoms with van der Waals surface area (Å²) >= 11 is 1.70. The van der Waals surface area contributed by atoms with Crippen molar-refractivity contribution < 1.29 is 19.5 Å². The third-order valence-corrected chi connectivity index (χ3v) is 11.0. The average Bonchev–Trinajstić information content (AvgIpc) is 3.62. The summed E-state index contributed by atoms with van der Waals surface area (Å²) in [4.78, 5) is 47.9. The van der Waals surface area contributed by atoms with E-state index in [4.69, 9.17) is 0 Å². The molecular weight excluding hydrogens is 534 g/mol. The minimum atomic E-state index is -0.651. The van der Waals surface area contributed by atoms with Crippen LogP contribution in [0.25, 0.3) is 10.8 Å². The first-order valence-electron chi connectivity index (χ1n) is 14.7. The van der Waals surface area contributed by atoms with E-state index in [-0.39, 0.29) is 29.6 Å². The van der Waals surface area contributed by atoms with Crippen molar-refractivity contribution in [3.63, 3.8) is 0 Å². The highest BCUT2D eigenvalue weighted by Crippen LogP contribution is 2.66. The maximum atomic E-state index is 14.7. The molecule has 0 aromatic heterocycles. The molecule has 5 rings (SSSR count).